The van der Waals surface area contributed by atoms with Gasteiger partial charge in [-0.05, 0) is 25.7 Å². The lowest BCUT2D eigenvalue weighted by atomic mass is 10.1. The summed E-state index contributed by atoms with van der Waals surface area (Å²) in [7, 11) is 0. The highest BCUT2D eigenvalue weighted by Crippen LogP contribution is 2.14. The fraction of sp³-hybridized carbons (Fsp3) is 1.00. The maximum atomic E-state index is 9.18. The van der Waals surface area contributed by atoms with Crippen LogP contribution in [0.3, 0.4) is 0 Å². The van der Waals surface area contributed by atoms with E-state index in [1.807, 2.05) is 0 Å². The quantitative estimate of drug-likeness (QED) is 0.527. The van der Waals surface area contributed by atoms with E-state index in [1.54, 1.807) is 0 Å². The minimum atomic E-state index is -0.539. The highest BCUT2D eigenvalue weighted by molar-refractivity contribution is 4.61. The molecule has 1 aliphatic rings. The Morgan fingerprint density at radius 2 is 1.77 bits per heavy atom. The smallest absolute Gasteiger partial charge is 0.126 e. The van der Waals surface area contributed by atoms with Crippen LogP contribution in [0.4, 0.5) is 0 Å². The zero-order valence-corrected chi connectivity index (χ0v) is 8.28. The Hall–Kier alpha value is -0.120. The normalized spacial score (nSPS) is 22.6. The Bertz CT molecular complexity index is 122. The van der Waals surface area contributed by atoms with Crippen molar-refractivity contribution in [1.29, 1.82) is 0 Å². The minimum Gasteiger partial charge on any atom is -0.393 e. The van der Waals surface area contributed by atoms with Gasteiger partial charge in [0.05, 0.1) is 12.6 Å². The van der Waals surface area contributed by atoms with Crippen LogP contribution < -0.4 is 5.32 Å². The van der Waals surface area contributed by atoms with Gasteiger partial charge in [-0.15, -0.1) is 0 Å². The van der Waals surface area contributed by atoms with Crippen molar-refractivity contribution >= 4 is 0 Å². The van der Waals surface area contributed by atoms with E-state index >= 15 is 0 Å². The van der Waals surface area contributed by atoms with Crippen molar-refractivity contribution in [2.45, 2.75) is 50.7 Å². The molecule has 0 aromatic carbocycles. The van der Waals surface area contributed by atoms with Gasteiger partial charge in [0.25, 0.3) is 0 Å². The van der Waals surface area contributed by atoms with Crippen molar-refractivity contribution in [1.82, 2.24) is 0 Å². The largest absolute Gasteiger partial charge is 0.393 e. The van der Waals surface area contributed by atoms with E-state index in [0.29, 0.717) is 12.6 Å². The zero-order chi connectivity index (χ0) is 9.52. The molecule has 0 radical (unpaired) electrons. The summed E-state index contributed by atoms with van der Waals surface area (Å²) in [5, 5.41) is 20.0. The van der Waals surface area contributed by atoms with E-state index < -0.39 is 6.10 Å². The van der Waals surface area contributed by atoms with Crippen molar-refractivity contribution in [2.75, 3.05) is 13.2 Å². The Morgan fingerprint density at radius 1 is 1.15 bits per heavy atom. The monoisotopic (exact) mass is 188 g/mol. The third-order valence-electron chi connectivity index (χ3n) is 2.85. The molecule has 1 saturated carbocycles. The summed E-state index contributed by atoms with van der Waals surface area (Å²) in [4.78, 5) is 0. The van der Waals surface area contributed by atoms with Crippen molar-refractivity contribution < 1.29 is 15.5 Å². The number of rotatable bonds is 4. The molecule has 3 heteroatoms. The van der Waals surface area contributed by atoms with Gasteiger partial charge in [-0.25, -0.2) is 0 Å². The fourth-order valence-corrected chi connectivity index (χ4v) is 1.97. The van der Waals surface area contributed by atoms with Crippen molar-refractivity contribution in [3.63, 3.8) is 0 Å². The third-order valence-corrected chi connectivity index (χ3v) is 2.85. The first-order valence-corrected chi connectivity index (χ1v) is 5.45. The van der Waals surface area contributed by atoms with Crippen LogP contribution in [0.1, 0.15) is 38.5 Å². The van der Waals surface area contributed by atoms with E-state index in [2.05, 4.69) is 5.32 Å². The molecule has 0 aliphatic heterocycles. The van der Waals surface area contributed by atoms with E-state index in [9.17, 15) is 5.11 Å². The third kappa shape index (κ3) is 4.60. The van der Waals surface area contributed by atoms with Crippen LogP contribution in [-0.4, -0.2) is 35.5 Å². The fourth-order valence-electron chi connectivity index (χ4n) is 1.97. The van der Waals surface area contributed by atoms with Gasteiger partial charge in [-0.1, -0.05) is 12.8 Å². The second-order valence-corrected chi connectivity index (χ2v) is 4.06. The molecule has 0 bridgehead atoms. The zero-order valence-electron chi connectivity index (χ0n) is 8.28. The predicted octanol–water partition coefficient (Wildman–Crippen LogP) is -0.374. The Kier molecular flexibility index (Phi) is 5.35. The molecule has 0 heterocycles. The van der Waals surface area contributed by atoms with Crippen molar-refractivity contribution in [2.24, 2.45) is 0 Å². The molecule has 0 aromatic heterocycles. The minimum absolute atomic E-state index is 0.108. The molecule has 0 unspecified atom stereocenters. The van der Waals surface area contributed by atoms with Gasteiger partial charge in [0.15, 0.2) is 0 Å². The molecule has 0 amide bonds. The predicted molar refractivity (Wildman–Crippen MR) is 51.4 cm³/mol. The van der Waals surface area contributed by atoms with Crippen LogP contribution in [0.15, 0.2) is 0 Å². The number of quaternary nitrogens is 1. The average molecular weight is 188 g/mol. The molecule has 0 aromatic rings. The summed E-state index contributed by atoms with van der Waals surface area (Å²) in [6.45, 7) is 0.546. The lowest BCUT2D eigenvalue weighted by Gasteiger charge is -2.14. The molecular weight excluding hydrogens is 166 g/mol. The first kappa shape index (κ1) is 11.0. The SMILES string of the molecule is OC[C@@H](O)C[NH2+]C1CCCCCC1. The maximum Gasteiger partial charge on any atom is 0.126 e. The molecule has 78 valence electrons. The highest BCUT2D eigenvalue weighted by Gasteiger charge is 2.15. The van der Waals surface area contributed by atoms with Gasteiger partial charge in [0.2, 0.25) is 0 Å². The highest BCUT2D eigenvalue weighted by atomic mass is 16.3. The van der Waals surface area contributed by atoms with Gasteiger partial charge in [0.1, 0.15) is 12.6 Å². The van der Waals surface area contributed by atoms with Gasteiger partial charge in [0, 0.05) is 0 Å². The van der Waals surface area contributed by atoms with Crippen LogP contribution in [-0.2, 0) is 0 Å². The number of aliphatic hydroxyl groups excluding tert-OH is 2. The van der Waals surface area contributed by atoms with E-state index in [4.69, 9.17) is 5.11 Å². The van der Waals surface area contributed by atoms with Crippen LogP contribution in [0.5, 0.6) is 0 Å². The number of hydrogen-bond acceptors (Lipinski definition) is 2. The van der Waals surface area contributed by atoms with Gasteiger partial charge in [-0.3, -0.25) is 0 Å². The van der Waals surface area contributed by atoms with Gasteiger partial charge >= 0.3 is 0 Å². The summed E-state index contributed by atoms with van der Waals surface area (Å²) in [6.07, 6.45) is 7.41. The molecule has 13 heavy (non-hydrogen) atoms. The number of hydrogen-bond donors (Lipinski definition) is 3. The molecule has 0 spiro atoms. The van der Waals surface area contributed by atoms with E-state index in [-0.39, 0.29) is 6.61 Å². The van der Waals surface area contributed by atoms with E-state index in [0.717, 1.165) is 0 Å². The molecule has 1 atom stereocenters. The van der Waals surface area contributed by atoms with Gasteiger partial charge < -0.3 is 15.5 Å². The van der Waals surface area contributed by atoms with Crippen LogP contribution in [0.2, 0.25) is 0 Å². The summed E-state index contributed by atoms with van der Waals surface area (Å²) in [6, 6.07) is 0.684. The van der Waals surface area contributed by atoms with Crippen LogP contribution in [0.25, 0.3) is 0 Å². The molecule has 0 saturated heterocycles. The van der Waals surface area contributed by atoms with Crippen LogP contribution in [0, 0.1) is 0 Å². The molecule has 1 aliphatic carbocycles. The Balaban J connectivity index is 2.11. The van der Waals surface area contributed by atoms with Crippen LogP contribution >= 0.6 is 0 Å². The number of nitrogens with two attached hydrogens (primary N) is 1. The van der Waals surface area contributed by atoms with Crippen molar-refractivity contribution in [3.8, 4) is 0 Å². The maximum absolute atomic E-state index is 9.18. The summed E-state index contributed by atoms with van der Waals surface area (Å²) in [5.74, 6) is 0. The van der Waals surface area contributed by atoms with Gasteiger partial charge in [-0.2, -0.15) is 0 Å². The second-order valence-electron chi connectivity index (χ2n) is 4.06. The molecule has 3 nitrogen and oxygen atoms in total. The summed E-state index contributed by atoms with van der Waals surface area (Å²) < 4.78 is 0. The van der Waals surface area contributed by atoms with E-state index in [1.165, 1.54) is 38.5 Å². The molecule has 1 fully saturated rings. The van der Waals surface area contributed by atoms with Crippen molar-refractivity contribution in [3.05, 3.63) is 0 Å². The Morgan fingerprint density at radius 3 is 2.31 bits per heavy atom. The lowest BCUT2D eigenvalue weighted by molar-refractivity contribution is -0.696. The molecule has 1 rings (SSSR count). The molecule has 4 N–H and O–H groups in total. The summed E-state index contributed by atoms with van der Waals surface area (Å²) >= 11 is 0. The Labute approximate surface area is 80.2 Å². The number of aliphatic hydroxyl groups is 2. The second kappa shape index (κ2) is 6.35. The topological polar surface area (TPSA) is 57.1 Å². The first-order chi connectivity index (χ1) is 6.33. The lowest BCUT2D eigenvalue weighted by Crippen LogP contribution is -2.91. The summed E-state index contributed by atoms with van der Waals surface area (Å²) in [5.41, 5.74) is 0. The standard InChI is InChI=1S/C10H21NO2/c12-8-10(13)7-11-9-5-3-1-2-4-6-9/h9-13H,1-8H2/p+1/t10-/m0/s1. The average Bonchev–Trinajstić information content (AvgIpc) is 2.42. The first-order valence-electron chi connectivity index (χ1n) is 5.45. The molecular formula is C10H22NO2+.